The predicted octanol–water partition coefficient (Wildman–Crippen LogP) is 6.83. The molecule has 0 aliphatic carbocycles. The number of carbonyl (C=O) groups excluding carboxylic acids is 2. The van der Waals surface area contributed by atoms with Crippen molar-refractivity contribution in [2.75, 3.05) is 4.90 Å². The molecule has 1 aliphatic heterocycles. The van der Waals surface area contributed by atoms with Crippen LogP contribution in [0, 0.1) is 3.57 Å². The molecule has 164 valence electrons. The van der Waals surface area contributed by atoms with Gasteiger partial charge in [-0.1, -0.05) is 46.7 Å². The summed E-state index contributed by atoms with van der Waals surface area (Å²) >= 11 is 15.5. The van der Waals surface area contributed by atoms with E-state index in [1.807, 2.05) is 24.3 Å². The Morgan fingerprint density at radius 3 is 2.33 bits per heavy atom. The lowest BCUT2D eigenvalue weighted by Crippen LogP contribution is -2.29. The van der Waals surface area contributed by atoms with E-state index in [0.29, 0.717) is 31.8 Å². The minimum absolute atomic E-state index is 0.000758. The van der Waals surface area contributed by atoms with Crippen LogP contribution in [0.3, 0.4) is 0 Å². The van der Waals surface area contributed by atoms with Crippen molar-refractivity contribution in [1.82, 2.24) is 4.98 Å². The van der Waals surface area contributed by atoms with Gasteiger partial charge < -0.3 is 5.11 Å². The number of thiazole rings is 1. The van der Waals surface area contributed by atoms with Crippen molar-refractivity contribution in [2.45, 2.75) is 6.04 Å². The summed E-state index contributed by atoms with van der Waals surface area (Å²) in [5, 5.41) is 12.5. The van der Waals surface area contributed by atoms with Crippen LogP contribution in [0.4, 0.5) is 5.13 Å². The van der Waals surface area contributed by atoms with Crippen LogP contribution < -0.4 is 4.90 Å². The van der Waals surface area contributed by atoms with Crippen LogP contribution in [0.2, 0.25) is 10.0 Å². The first-order valence-corrected chi connectivity index (χ1v) is 12.4. The number of rotatable bonds is 3. The van der Waals surface area contributed by atoms with E-state index in [1.54, 1.807) is 42.5 Å². The van der Waals surface area contributed by atoms with Crippen LogP contribution in [-0.2, 0) is 9.59 Å². The van der Waals surface area contributed by atoms with Gasteiger partial charge in [0.2, 0.25) is 0 Å². The molecule has 1 amide bonds. The number of carbonyl (C=O) groups is 2. The number of anilines is 1. The molecular formula is C24H13Cl2IN2O3S. The summed E-state index contributed by atoms with van der Waals surface area (Å²) < 4.78 is 1.79. The number of ketones is 1. The Bertz CT molecular complexity index is 1450. The average Bonchev–Trinajstić information content (AvgIpc) is 3.32. The zero-order chi connectivity index (χ0) is 23.3. The summed E-state index contributed by atoms with van der Waals surface area (Å²) in [7, 11) is 0. The van der Waals surface area contributed by atoms with E-state index in [9.17, 15) is 14.7 Å². The van der Waals surface area contributed by atoms with Gasteiger partial charge >= 0.3 is 5.91 Å². The molecule has 1 saturated heterocycles. The Hall–Kier alpha value is -2.46. The zero-order valence-corrected chi connectivity index (χ0v) is 21.1. The molecule has 4 aromatic rings. The fraction of sp³-hybridized carbons (Fsp3) is 0.0417. The van der Waals surface area contributed by atoms with Gasteiger partial charge in [-0.15, -0.1) is 0 Å². The number of amides is 1. The highest BCUT2D eigenvalue weighted by Gasteiger charge is 2.48. The minimum atomic E-state index is -0.839. The van der Waals surface area contributed by atoms with Gasteiger partial charge in [0.05, 0.1) is 21.8 Å². The molecule has 1 atom stereocenters. The number of aliphatic hydroxyl groups excluding tert-OH is 1. The normalized spacial score (nSPS) is 17.8. The molecule has 0 spiro atoms. The summed E-state index contributed by atoms with van der Waals surface area (Å²) in [6, 6.07) is 18.3. The first-order valence-electron chi connectivity index (χ1n) is 9.72. The van der Waals surface area contributed by atoms with E-state index < -0.39 is 17.7 Å². The summed E-state index contributed by atoms with van der Waals surface area (Å²) in [5.74, 6) is -1.79. The van der Waals surface area contributed by atoms with Crippen LogP contribution in [0.1, 0.15) is 17.2 Å². The summed E-state index contributed by atoms with van der Waals surface area (Å²) in [6.07, 6.45) is 0. The maximum absolute atomic E-state index is 13.2. The second-order valence-corrected chi connectivity index (χ2v) is 10.5. The molecule has 1 aliphatic rings. The molecule has 1 fully saturated rings. The van der Waals surface area contributed by atoms with Crippen molar-refractivity contribution in [3.05, 3.63) is 97.0 Å². The van der Waals surface area contributed by atoms with Crippen LogP contribution in [0.5, 0.6) is 0 Å². The molecule has 0 saturated carbocycles. The smallest absolute Gasteiger partial charge is 0.301 e. The summed E-state index contributed by atoms with van der Waals surface area (Å²) in [6.45, 7) is 0. The van der Waals surface area contributed by atoms with Gasteiger partial charge in [0, 0.05) is 19.2 Å². The predicted molar refractivity (Wildman–Crippen MR) is 140 cm³/mol. The quantitative estimate of drug-likeness (QED) is 0.120. The Morgan fingerprint density at radius 2 is 1.64 bits per heavy atom. The lowest BCUT2D eigenvalue weighted by atomic mass is 9.95. The molecule has 5 nitrogen and oxygen atoms in total. The Kier molecular flexibility index (Phi) is 5.90. The van der Waals surface area contributed by atoms with Crippen molar-refractivity contribution in [1.29, 1.82) is 0 Å². The van der Waals surface area contributed by atoms with E-state index >= 15 is 0 Å². The molecule has 1 N–H and O–H groups in total. The fourth-order valence-corrected chi connectivity index (χ4v) is 5.50. The van der Waals surface area contributed by atoms with E-state index in [2.05, 4.69) is 27.6 Å². The van der Waals surface area contributed by atoms with E-state index in [1.165, 1.54) is 16.2 Å². The third-order valence-corrected chi connectivity index (χ3v) is 7.52. The minimum Gasteiger partial charge on any atom is -0.507 e. The third kappa shape index (κ3) is 4.03. The van der Waals surface area contributed by atoms with Gasteiger partial charge in [0.25, 0.3) is 5.78 Å². The third-order valence-electron chi connectivity index (χ3n) is 5.29. The van der Waals surface area contributed by atoms with Gasteiger partial charge in [0.15, 0.2) is 5.13 Å². The number of hydrogen-bond donors (Lipinski definition) is 1. The van der Waals surface area contributed by atoms with Crippen LogP contribution in [0.15, 0.2) is 72.3 Å². The molecule has 1 unspecified atom stereocenters. The fourth-order valence-electron chi connectivity index (χ4n) is 3.74. The van der Waals surface area contributed by atoms with Gasteiger partial charge in [-0.25, -0.2) is 4.98 Å². The molecule has 0 bridgehead atoms. The van der Waals surface area contributed by atoms with E-state index in [0.717, 1.165) is 8.27 Å². The number of halogens is 3. The van der Waals surface area contributed by atoms with Gasteiger partial charge in [-0.2, -0.15) is 0 Å². The number of aromatic nitrogens is 1. The average molecular weight is 607 g/mol. The summed E-state index contributed by atoms with van der Waals surface area (Å²) in [4.78, 5) is 32.4. The number of Topliss-reactive ketones (excluding diaryl/α,β-unsaturated/α-hetero) is 1. The maximum Gasteiger partial charge on any atom is 0.301 e. The maximum atomic E-state index is 13.2. The molecular weight excluding hydrogens is 594 g/mol. The van der Waals surface area contributed by atoms with Crippen molar-refractivity contribution in [3.63, 3.8) is 0 Å². The molecule has 2 heterocycles. The van der Waals surface area contributed by atoms with Crippen molar-refractivity contribution in [2.24, 2.45) is 0 Å². The lowest BCUT2D eigenvalue weighted by molar-refractivity contribution is -0.132. The van der Waals surface area contributed by atoms with E-state index in [-0.39, 0.29) is 11.3 Å². The van der Waals surface area contributed by atoms with Crippen molar-refractivity contribution in [3.8, 4) is 0 Å². The monoisotopic (exact) mass is 606 g/mol. The Labute approximate surface area is 216 Å². The van der Waals surface area contributed by atoms with Gasteiger partial charge in [-0.05, 0) is 82.8 Å². The number of aliphatic hydroxyl groups is 1. The largest absolute Gasteiger partial charge is 0.507 e. The molecule has 0 radical (unpaired) electrons. The standard InChI is InChI=1S/C24H13Cl2IN2O3S/c25-14-5-1-13(2-6-14)21(30)19-20(12-3-8-16(27)9-4-12)29(23(32)22(19)31)24-28-17-10-7-15(26)11-18(17)33-24/h1-11,20,30H. The number of benzene rings is 3. The second-order valence-electron chi connectivity index (χ2n) is 7.34. The summed E-state index contributed by atoms with van der Waals surface area (Å²) in [5.41, 5.74) is 1.74. The van der Waals surface area contributed by atoms with E-state index in [4.69, 9.17) is 23.2 Å². The van der Waals surface area contributed by atoms with Crippen molar-refractivity contribution < 1.29 is 14.7 Å². The highest BCUT2D eigenvalue weighted by molar-refractivity contribution is 14.1. The number of nitrogens with zero attached hydrogens (tertiary/aromatic N) is 2. The first-order chi connectivity index (χ1) is 15.8. The highest BCUT2D eigenvalue weighted by atomic mass is 127. The molecule has 5 rings (SSSR count). The number of fused-ring (bicyclic) bond motifs is 1. The van der Waals surface area contributed by atoms with Crippen LogP contribution in [-0.4, -0.2) is 21.8 Å². The lowest BCUT2D eigenvalue weighted by Gasteiger charge is -2.23. The topological polar surface area (TPSA) is 70.5 Å². The SMILES string of the molecule is O=C1C(=O)N(c2nc3ccc(Cl)cc3s2)C(c2ccc(I)cc2)C1=C(O)c1ccc(Cl)cc1. The zero-order valence-electron chi connectivity index (χ0n) is 16.6. The highest BCUT2D eigenvalue weighted by Crippen LogP contribution is 2.44. The molecule has 9 heteroatoms. The Balaban J connectivity index is 1.73. The first kappa shape index (κ1) is 22.3. The second kappa shape index (κ2) is 8.72. The van der Waals surface area contributed by atoms with Gasteiger partial charge in [-0.3, -0.25) is 14.5 Å². The van der Waals surface area contributed by atoms with Crippen LogP contribution in [0.25, 0.3) is 16.0 Å². The van der Waals surface area contributed by atoms with Crippen molar-refractivity contribution >= 4 is 89.9 Å². The molecule has 1 aromatic heterocycles. The molecule has 33 heavy (non-hydrogen) atoms. The van der Waals surface area contributed by atoms with Crippen LogP contribution >= 0.6 is 57.1 Å². The number of hydrogen-bond acceptors (Lipinski definition) is 5. The Morgan fingerprint density at radius 1 is 0.970 bits per heavy atom. The molecule has 3 aromatic carbocycles. The van der Waals surface area contributed by atoms with Gasteiger partial charge in [0.1, 0.15) is 5.76 Å².